The van der Waals surface area contributed by atoms with Gasteiger partial charge in [0.2, 0.25) is 5.91 Å². The lowest BCUT2D eigenvalue weighted by Gasteiger charge is -2.33. The molecule has 0 aliphatic heterocycles. The largest absolute Gasteiger partial charge is 0.372 e. The maximum atomic E-state index is 12.6. The van der Waals surface area contributed by atoms with Crippen molar-refractivity contribution in [3.05, 3.63) is 69.2 Å². The Morgan fingerprint density at radius 1 is 1.16 bits per heavy atom. The topological polar surface area (TPSA) is 67.2 Å². The molecule has 0 radical (unpaired) electrons. The number of rotatable bonds is 6. The van der Waals surface area contributed by atoms with Gasteiger partial charge in [0.1, 0.15) is 6.54 Å². The first-order valence-corrected chi connectivity index (χ1v) is 11.5. The first-order chi connectivity index (χ1) is 15.0. The van der Waals surface area contributed by atoms with Gasteiger partial charge < -0.3 is 10.2 Å². The number of benzene rings is 2. The third-order valence-electron chi connectivity index (χ3n) is 6.06. The predicted molar refractivity (Wildman–Crippen MR) is 127 cm³/mol. The molecule has 162 valence electrons. The Balaban J connectivity index is 1.35. The van der Waals surface area contributed by atoms with Gasteiger partial charge in [-0.3, -0.25) is 14.2 Å². The van der Waals surface area contributed by atoms with Crippen LogP contribution in [0.2, 0.25) is 0 Å². The monoisotopic (exact) mass is 482 g/mol. The maximum Gasteiger partial charge on any atom is 0.261 e. The van der Waals surface area contributed by atoms with E-state index >= 15 is 0 Å². The van der Waals surface area contributed by atoms with Crippen molar-refractivity contribution in [2.75, 3.05) is 11.9 Å². The van der Waals surface area contributed by atoms with Gasteiger partial charge in [-0.05, 0) is 48.7 Å². The zero-order chi connectivity index (χ0) is 21.8. The van der Waals surface area contributed by atoms with E-state index in [1.807, 2.05) is 6.07 Å². The van der Waals surface area contributed by atoms with E-state index in [1.54, 1.807) is 12.1 Å². The molecule has 4 rings (SSSR count). The van der Waals surface area contributed by atoms with Crippen molar-refractivity contribution in [3.63, 3.8) is 0 Å². The molecule has 0 atom stereocenters. The molecule has 1 aliphatic carbocycles. The van der Waals surface area contributed by atoms with E-state index in [0.717, 1.165) is 10.0 Å². The minimum atomic E-state index is -0.225. The molecular formula is C24H27BrN4O2. The second kappa shape index (κ2) is 9.64. The van der Waals surface area contributed by atoms with Gasteiger partial charge in [-0.2, -0.15) is 0 Å². The van der Waals surface area contributed by atoms with Crippen molar-refractivity contribution in [2.24, 2.45) is 0 Å². The van der Waals surface area contributed by atoms with Crippen molar-refractivity contribution >= 4 is 38.4 Å². The molecule has 7 heteroatoms. The number of hydrogen-bond acceptors (Lipinski definition) is 4. The van der Waals surface area contributed by atoms with Gasteiger partial charge in [-0.15, -0.1) is 0 Å². The van der Waals surface area contributed by atoms with Gasteiger partial charge in [0, 0.05) is 29.8 Å². The summed E-state index contributed by atoms with van der Waals surface area (Å²) in [5.74, 6) is -0.221. The van der Waals surface area contributed by atoms with E-state index in [9.17, 15) is 9.59 Å². The Kier molecular flexibility index (Phi) is 6.70. The SMILES string of the molecule is CN(c1ccc(CNC(=O)Cn2cnc3ccc(Br)cc3c2=O)cc1)C1CCCCC1. The molecule has 3 aromatic rings. The number of amides is 1. The molecule has 6 nitrogen and oxygen atoms in total. The van der Waals surface area contributed by atoms with E-state index in [1.165, 1.54) is 48.7 Å². The highest BCUT2D eigenvalue weighted by Gasteiger charge is 2.18. The van der Waals surface area contributed by atoms with Gasteiger partial charge in [0.15, 0.2) is 0 Å². The second-order valence-corrected chi connectivity index (χ2v) is 9.10. The van der Waals surface area contributed by atoms with Gasteiger partial charge in [0.25, 0.3) is 5.56 Å². The normalized spacial score (nSPS) is 14.5. The third-order valence-corrected chi connectivity index (χ3v) is 6.55. The summed E-state index contributed by atoms with van der Waals surface area (Å²) in [6.07, 6.45) is 7.91. The number of nitrogens with one attached hydrogen (secondary N) is 1. The van der Waals surface area contributed by atoms with Crippen LogP contribution in [0.1, 0.15) is 37.7 Å². The molecule has 0 saturated heterocycles. The average molecular weight is 483 g/mol. The molecule has 1 N–H and O–H groups in total. The zero-order valence-corrected chi connectivity index (χ0v) is 19.3. The Bertz CT molecular complexity index is 1120. The molecule has 1 aromatic heterocycles. The van der Waals surface area contributed by atoms with Crippen LogP contribution in [0.4, 0.5) is 5.69 Å². The molecule has 1 heterocycles. The van der Waals surface area contributed by atoms with Crippen LogP contribution in [-0.4, -0.2) is 28.5 Å². The van der Waals surface area contributed by atoms with E-state index in [-0.39, 0.29) is 18.0 Å². The van der Waals surface area contributed by atoms with Crippen molar-refractivity contribution in [1.29, 1.82) is 0 Å². The first-order valence-electron chi connectivity index (χ1n) is 10.7. The van der Waals surface area contributed by atoms with Gasteiger partial charge in [-0.25, -0.2) is 4.98 Å². The molecule has 1 fully saturated rings. The summed E-state index contributed by atoms with van der Waals surface area (Å²) in [7, 11) is 2.17. The van der Waals surface area contributed by atoms with E-state index in [0.29, 0.717) is 23.5 Å². The quantitative estimate of drug-likeness (QED) is 0.570. The molecule has 0 bridgehead atoms. The summed E-state index contributed by atoms with van der Waals surface area (Å²) in [6.45, 7) is 0.365. The summed E-state index contributed by atoms with van der Waals surface area (Å²) < 4.78 is 2.14. The number of carbonyl (C=O) groups excluding carboxylic acids is 1. The standard InChI is InChI=1S/C24H27BrN4O2/c1-28(19-5-3-2-4-6-19)20-10-7-17(8-11-20)14-26-23(30)15-29-16-27-22-12-9-18(25)13-21(22)24(29)31/h7-13,16,19H,2-6,14-15H2,1H3,(H,26,30). The van der Waals surface area contributed by atoms with Crippen molar-refractivity contribution in [3.8, 4) is 0 Å². The molecule has 1 aliphatic rings. The number of aromatic nitrogens is 2. The van der Waals surface area contributed by atoms with Crippen LogP contribution in [0.15, 0.2) is 58.1 Å². The van der Waals surface area contributed by atoms with Crippen LogP contribution >= 0.6 is 15.9 Å². The minimum Gasteiger partial charge on any atom is -0.372 e. The Hall–Kier alpha value is -2.67. The Labute approximate surface area is 190 Å². The van der Waals surface area contributed by atoms with Crippen LogP contribution in [0.5, 0.6) is 0 Å². The summed E-state index contributed by atoms with van der Waals surface area (Å²) in [6, 6.07) is 14.3. The Morgan fingerprint density at radius 2 is 1.90 bits per heavy atom. The lowest BCUT2D eigenvalue weighted by molar-refractivity contribution is -0.121. The van der Waals surface area contributed by atoms with Crippen LogP contribution in [-0.2, 0) is 17.9 Å². The number of hydrogen-bond donors (Lipinski definition) is 1. The van der Waals surface area contributed by atoms with Crippen LogP contribution in [0.25, 0.3) is 10.9 Å². The Morgan fingerprint density at radius 3 is 2.65 bits per heavy atom. The molecular weight excluding hydrogens is 456 g/mol. The van der Waals surface area contributed by atoms with Crippen LogP contribution in [0, 0.1) is 0 Å². The lowest BCUT2D eigenvalue weighted by Crippen LogP contribution is -2.33. The fourth-order valence-corrected chi connectivity index (χ4v) is 4.54. The third kappa shape index (κ3) is 5.15. The minimum absolute atomic E-state index is 0.0587. The summed E-state index contributed by atoms with van der Waals surface area (Å²) in [5.41, 5.74) is 2.63. The molecule has 0 unspecified atom stereocenters. The van der Waals surface area contributed by atoms with Gasteiger partial charge >= 0.3 is 0 Å². The van der Waals surface area contributed by atoms with Crippen LogP contribution < -0.4 is 15.8 Å². The highest BCUT2D eigenvalue weighted by molar-refractivity contribution is 9.10. The molecule has 1 saturated carbocycles. The van der Waals surface area contributed by atoms with E-state index in [2.05, 4.69) is 62.4 Å². The number of anilines is 1. The second-order valence-electron chi connectivity index (χ2n) is 8.19. The summed E-state index contributed by atoms with van der Waals surface area (Å²) in [5, 5.41) is 3.39. The van der Waals surface area contributed by atoms with E-state index < -0.39 is 0 Å². The highest BCUT2D eigenvalue weighted by Crippen LogP contribution is 2.26. The summed E-state index contributed by atoms with van der Waals surface area (Å²) >= 11 is 3.37. The van der Waals surface area contributed by atoms with Crippen molar-refractivity contribution in [1.82, 2.24) is 14.9 Å². The predicted octanol–water partition coefficient (Wildman–Crippen LogP) is 4.24. The number of halogens is 1. The number of carbonyl (C=O) groups is 1. The zero-order valence-electron chi connectivity index (χ0n) is 17.7. The fourth-order valence-electron chi connectivity index (χ4n) is 4.18. The maximum absolute atomic E-state index is 12.6. The number of nitrogens with zero attached hydrogens (tertiary/aromatic N) is 3. The van der Waals surface area contributed by atoms with Crippen LogP contribution in [0.3, 0.4) is 0 Å². The number of fused-ring (bicyclic) bond motifs is 1. The average Bonchev–Trinajstić information content (AvgIpc) is 2.80. The fraction of sp³-hybridized carbons (Fsp3) is 0.375. The molecule has 0 spiro atoms. The molecule has 2 aromatic carbocycles. The molecule has 1 amide bonds. The highest BCUT2D eigenvalue weighted by atomic mass is 79.9. The van der Waals surface area contributed by atoms with Crippen molar-refractivity contribution in [2.45, 2.75) is 51.2 Å². The first kappa shape index (κ1) is 21.6. The van der Waals surface area contributed by atoms with E-state index in [4.69, 9.17) is 0 Å². The summed E-state index contributed by atoms with van der Waals surface area (Å²) in [4.78, 5) is 31.7. The smallest absolute Gasteiger partial charge is 0.261 e. The van der Waals surface area contributed by atoms with Gasteiger partial charge in [-0.1, -0.05) is 47.3 Å². The van der Waals surface area contributed by atoms with Gasteiger partial charge in [0.05, 0.1) is 17.2 Å². The lowest BCUT2D eigenvalue weighted by atomic mass is 9.94. The molecule has 31 heavy (non-hydrogen) atoms. The van der Waals surface area contributed by atoms with Crippen molar-refractivity contribution < 1.29 is 4.79 Å².